The van der Waals surface area contributed by atoms with Gasteiger partial charge in [0.25, 0.3) is 0 Å². The predicted molar refractivity (Wildman–Crippen MR) is 169 cm³/mol. The minimum Gasteiger partial charge on any atom is -0.494 e. The van der Waals surface area contributed by atoms with Gasteiger partial charge in [-0.05, 0) is 54.3 Å². The van der Waals surface area contributed by atoms with Crippen LogP contribution in [0.2, 0.25) is 0 Å². The highest BCUT2D eigenvalue weighted by molar-refractivity contribution is 6.12. The molecule has 0 aliphatic rings. The summed E-state index contributed by atoms with van der Waals surface area (Å²) in [5, 5.41) is 3.24. The van der Waals surface area contributed by atoms with Gasteiger partial charge < -0.3 is 19.7 Å². The Morgan fingerprint density at radius 2 is 1.53 bits per heavy atom. The molecule has 0 amide bonds. The van der Waals surface area contributed by atoms with Crippen molar-refractivity contribution < 1.29 is 23.5 Å². The van der Waals surface area contributed by atoms with E-state index in [-0.39, 0.29) is 11.6 Å². The zero-order valence-corrected chi connectivity index (χ0v) is 25.0. The second-order valence-corrected chi connectivity index (χ2v) is 10.8. The van der Waals surface area contributed by atoms with Crippen molar-refractivity contribution in [1.82, 2.24) is 0 Å². The fourth-order valence-corrected chi connectivity index (χ4v) is 4.94. The summed E-state index contributed by atoms with van der Waals surface area (Å²) in [5.41, 5.74) is 3.13. The number of methoxy groups -OCH3 is 1. The number of nitrogens with zero attached hydrogens (tertiary/aromatic N) is 1. The molecule has 43 heavy (non-hydrogen) atoms. The molecule has 0 aliphatic heterocycles. The van der Waals surface area contributed by atoms with E-state index in [0.29, 0.717) is 53.7 Å². The number of rotatable bonds is 15. The Kier molecular flexibility index (Phi) is 11.3. The van der Waals surface area contributed by atoms with Crippen molar-refractivity contribution in [3.05, 3.63) is 126 Å². The Hall–Kier alpha value is -4.65. The average Bonchev–Trinajstić information content (AvgIpc) is 3.03. The van der Waals surface area contributed by atoms with Gasteiger partial charge in [-0.2, -0.15) is 0 Å². The fraction of sp³-hybridized carbons (Fsp3) is 0.278. The maximum atomic E-state index is 14.4. The molecule has 1 N–H and O–H groups in total. The van der Waals surface area contributed by atoms with E-state index in [4.69, 9.17) is 9.47 Å². The summed E-state index contributed by atoms with van der Waals surface area (Å²) < 4.78 is 25.4. The second kappa shape index (κ2) is 15.5. The standard InChI is InChI=1S/C36H39FN2O4/c1-26(2)25-39(34-17-10-8-15-31(34)37)22-11-23-43-29-20-18-27(19-21-29)24-33(36(41)42-3)38-32-16-9-7-14-30(32)35(40)28-12-5-4-6-13-28/h4-10,12-21,26,33,38H,11,22-25H2,1-3H3. The molecule has 4 rings (SSSR count). The van der Waals surface area contributed by atoms with Gasteiger partial charge >= 0.3 is 5.97 Å². The van der Waals surface area contributed by atoms with E-state index in [2.05, 4.69) is 24.1 Å². The molecule has 0 spiro atoms. The van der Waals surface area contributed by atoms with Gasteiger partial charge in [0.1, 0.15) is 17.6 Å². The number of ketones is 1. The number of hydrogen-bond acceptors (Lipinski definition) is 6. The van der Waals surface area contributed by atoms with Crippen LogP contribution in [-0.4, -0.2) is 44.6 Å². The van der Waals surface area contributed by atoms with Crippen molar-refractivity contribution in [2.75, 3.05) is 37.0 Å². The molecule has 0 fully saturated rings. The summed E-state index contributed by atoms with van der Waals surface area (Å²) in [6, 6.07) is 29.9. The molecule has 0 radical (unpaired) electrons. The van der Waals surface area contributed by atoms with Crippen LogP contribution in [0.15, 0.2) is 103 Å². The number of halogens is 1. The highest BCUT2D eigenvalue weighted by atomic mass is 19.1. The molecule has 4 aromatic carbocycles. The minimum atomic E-state index is -0.702. The van der Waals surface area contributed by atoms with E-state index >= 15 is 0 Å². The van der Waals surface area contributed by atoms with Gasteiger partial charge in [0.2, 0.25) is 0 Å². The van der Waals surface area contributed by atoms with Crippen LogP contribution in [0.1, 0.15) is 41.8 Å². The molecule has 1 atom stereocenters. The number of hydrogen-bond donors (Lipinski definition) is 1. The summed E-state index contributed by atoms with van der Waals surface area (Å²) in [7, 11) is 1.35. The minimum absolute atomic E-state index is 0.130. The van der Waals surface area contributed by atoms with E-state index in [1.165, 1.54) is 13.2 Å². The van der Waals surface area contributed by atoms with Gasteiger partial charge in [-0.3, -0.25) is 4.79 Å². The molecule has 0 bridgehead atoms. The van der Waals surface area contributed by atoms with E-state index in [1.54, 1.807) is 36.4 Å². The van der Waals surface area contributed by atoms with Crippen LogP contribution in [0.4, 0.5) is 15.8 Å². The summed E-state index contributed by atoms with van der Waals surface area (Å²) in [6.07, 6.45) is 1.09. The molecule has 1 unspecified atom stereocenters. The first-order valence-corrected chi connectivity index (χ1v) is 14.6. The maximum absolute atomic E-state index is 14.4. The molecule has 0 aromatic heterocycles. The molecule has 224 valence electrons. The third-order valence-corrected chi connectivity index (χ3v) is 7.01. The van der Waals surface area contributed by atoms with Crippen LogP contribution in [0.5, 0.6) is 5.75 Å². The Labute approximate surface area is 253 Å². The Morgan fingerprint density at radius 3 is 2.23 bits per heavy atom. The molecule has 6 nitrogen and oxygen atoms in total. The lowest BCUT2D eigenvalue weighted by atomic mass is 10.00. The lowest BCUT2D eigenvalue weighted by Gasteiger charge is -2.27. The second-order valence-electron chi connectivity index (χ2n) is 10.8. The Bertz CT molecular complexity index is 1470. The predicted octanol–water partition coefficient (Wildman–Crippen LogP) is 7.18. The number of carbonyl (C=O) groups excluding carboxylic acids is 2. The van der Waals surface area contributed by atoms with Gasteiger partial charge in [-0.15, -0.1) is 0 Å². The molecule has 0 heterocycles. The largest absolute Gasteiger partial charge is 0.494 e. The summed E-state index contributed by atoms with van der Waals surface area (Å²) >= 11 is 0. The number of benzene rings is 4. The van der Waals surface area contributed by atoms with Crippen LogP contribution < -0.4 is 15.0 Å². The number of ether oxygens (including phenoxy) is 2. The van der Waals surface area contributed by atoms with Crippen LogP contribution in [0.3, 0.4) is 0 Å². The highest BCUT2D eigenvalue weighted by Gasteiger charge is 2.22. The van der Waals surface area contributed by atoms with Gasteiger partial charge in [0.15, 0.2) is 5.78 Å². The maximum Gasteiger partial charge on any atom is 0.328 e. The number of nitrogens with one attached hydrogen (secondary N) is 1. The van der Waals surface area contributed by atoms with Crippen LogP contribution >= 0.6 is 0 Å². The molecular formula is C36H39FN2O4. The fourth-order valence-electron chi connectivity index (χ4n) is 4.94. The average molecular weight is 583 g/mol. The molecular weight excluding hydrogens is 543 g/mol. The first-order chi connectivity index (χ1) is 20.9. The monoisotopic (exact) mass is 582 g/mol. The van der Waals surface area contributed by atoms with E-state index in [0.717, 1.165) is 18.5 Å². The smallest absolute Gasteiger partial charge is 0.328 e. The Balaban J connectivity index is 1.36. The third-order valence-electron chi connectivity index (χ3n) is 7.01. The lowest BCUT2D eigenvalue weighted by molar-refractivity contribution is -0.141. The summed E-state index contributed by atoms with van der Waals surface area (Å²) in [6.45, 7) is 6.17. The zero-order chi connectivity index (χ0) is 30.6. The Morgan fingerprint density at radius 1 is 0.860 bits per heavy atom. The molecule has 4 aromatic rings. The highest BCUT2D eigenvalue weighted by Crippen LogP contribution is 2.23. The SMILES string of the molecule is COC(=O)C(Cc1ccc(OCCCN(CC(C)C)c2ccccc2F)cc1)Nc1ccccc1C(=O)c1ccccc1. The molecule has 0 aliphatic carbocycles. The van der Waals surface area contributed by atoms with Gasteiger partial charge in [0, 0.05) is 36.3 Å². The number of para-hydroxylation sites is 2. The van der Waals surface area contributed by atoms with Crippen molar-refractivity contribution >= 4 is 23.1 Å². The summed E-state index contributed by atoms with van der Waals surface area (Å²) in [4.78, 5) is 28.0. The first kappa shape index (κ1) is 31.3. The quantitative estimate of drug-likeness (QED) is 0.0910. The van der Waals surface area contributed by atoms with Crippen molar-refractivity contribution in [2.24, 2.45) is 5.92 Å². The lowest BCUT2D eigenvalue weighted by Crippen LogP contribution is -2.33. The van der Waals surface area contributed by atoms with E-state index < -0.39 is 12.0 Å². The number of anilines is 2. The molecule has 0 saturated heterocycles. The van der Waals surface area contributed by atoms with Crippen molar-refractivity contribution in [3.8, 4) is 5.75 Å². The van der Waals surface area contributed by atoms with E-state index in [1.807, 2.05) is 60.7 Å². The van der Waals surface area contributed by atoms with Crippen LogP contribution in [-0.2, 0) is 16.0 Å². The van der Waals surface area contributed by atoms with Gasteiger partial charge in [-0.25, -0.2) is 9.18 Å². The van der Waals surface area contributed by atoms with E-state index in [9.17, 15) is 14.0 Å². The first-order valence-electron chi connectivity index (χ1n) is 14.6. The molecule has 7 heteroatoms. The number of esters is 1. The van der Waals surface area contributed by atoms with Gasteiger partial charge in [-0.1, -0.05) is 80.6 Å². The van der Waals surface area contributed by atoms with Crippen LogP contribution in [0.25, 0.3) is 0 Å². The zero-order valence-electron chi connectivity index (χ0n) is 25.0. The van der Waals surface area contributed by atoms with Crippen molar-refractivity contribution in [3.63, 3.8) is 0 Å². The van der Waals surface area contributed by atoms with Crippen molar-refractivity contribution in [2.45, 2.75) is 32.7 Å². The normalized spacial score (nSPS) is 11.6. The van der Waals surface area contributed by atoms with Crippen LogP contribution in [0, 0.1) is 11.7 Å². The summed E-state index contributed by atoms with van der Waals surface area (Å²) in [5.74, 6) is 0.337. The number of carbonyl (C=O) groups is 2. The third kappa shape index (κ3) is 8.92. The molecule has 0 saturated carbocycles. The van der Waals surface area contributed by atoms with Crippen molar-refractivity contribution in [1.29, 1.82) is 0 Å². The van der Waals surface area contributed by atoms with Gasteiger partial charge in [0.05, 0.1) is 19.4 Å². The topological polar surface area (TPSA) is 67.9 Å².